The molecule has 8 heteroatoms. The molecule has 0 saturated carbocycles. The third-order valence-electron chi connectivity index (χ3n) is 5.17. The Morgan fingerprint density at radius 1 is 1.14 bits per heavy atom. The van der Waals surface area contributed by atoms with Gasteiger partial charge in [0.1, 0.15) is 5.75 Å². The van der Waals surface area contributed by atoms with E-state index in [-0.39, 0.29) is 28.9 Å². The lowest BCUT2D eigenvalue weighted by atomic mass is 10.0. The fraction of sp³-hybridized carbons (Fsp3) is 0.381. The van der Waals surface area contributed by atoms with Crippen molar-refractivity contribution in [1.29, 1.82) is 0 Å². The van der Waals surface area contributed by atoms with Gasteiger partial charge in [0.05, 0.1) is 25.2 Å². The summed E-state index contributed by atoms with van der Waals surface area (Å²) in [6.45, 7) is 2.28. The normalized spacial score (nSPS) is 15.0. The lowest BCUT2D eigenvalue weighted by molar-refractivity contribution is -0.385. The average molecular weight is 399 g/mol. The molecule has 8 nitrogen and oxygen atoms in total. The van der Waals surface area contributed by atoms with E-state index in [4.69, 9.17) is 9.47 Å². The van der Waals surface area contributed by atoms with Crippen LogP contribution in [0.1, 0.15) is 34.8 Å². The van der Waals surface area contributed by atoms with Crippen LogP contribution >= 0.6 is 0 Å². The first-order valence-corrected chi connectivity index (χ1v) is 9.52. The smallest absolute Gasteiger partial charge is 0.311 e. The van der Waals surface area contributed by atoms with Crippen molar-refractivity contribution in [3.8, 4) is 11.5 Å². The Hall–Kier alpha value is -3.13. The first-order chi connectivity index (χ1) is 14.0. The number of para-hydroxylation sites is 1. The van der Waals surface area contributed by atoms with Gasteiger partial charge in [-0.2, -0.15) is 0 Å². The Bertz CT molecular complexity index is 880. The van der Waals surface area contributed by atoms with E-state index in [9.17, 15) is 14.9 Å². The number of nitrogens with one attached hydrogen (secondary N) is 1. The summed E-state index contributed by atoms with van der Waals surface area (Å²) < 4.78 is 10.5. The van der Waals surface area contributed by atoms with Crippen molar-refractivity contribution in [2.24, 2.45) is 0 Å². The van der Waals surface area contributed by atoms with Gasteiger partial charge in [-0.15, -0.1) is 0 Å². The highest BCUT2D eigenvalue weighted by Crippen LogP contribution is 2.31. The summed E-state index contributed by atoms with van der Waals surface area (Å²) in [6.07, 6.45) is 2.23. The van der Waals surface area contributed by atoms with Crippen LogP contribution in [0.4, 0.5) is 5.69 Å². The Balaban J connectivity index is 1.80. The van der Waals surface area contributed by atoms with Crippen molar-refractivity contribution in [2.75, 3.05) is 33.9 Å². The number of nitrogens with zero attached hydrogens (tertiary/aromatic N) is 2. The van der Waals surface area contributed by atoms with E-state index in [0.717, 1.165) is 37.2 Å². The van der Waals surface area contributed by atoms with Crippen molar-refractivity contribution < 1.29 is 19.2 Å². The van der Waals surface area contributed by atoms with Gasteiger partial charge in [0, 0.05) is 23.7 Å². The molecule has 3 rings (SSSR count). The van der Waals surface area contributed by atoms with Gasteiger partial charge in [-0.1, -0.05) is 18.2 Å². The van der Waals surface area contributed by atoms with Gasteiger partial charge in [-0.25, -0.2) is 0 Å². The van der Waals surface area contributed by atoms with Crippen LogP contribution in [-0.2, 0) is 0 Å². The van der Waals surface area contributed by atoms with Crippen LogP contribution in [0.5, 0.6) is 11.5 Å². The van der Waals surface area contributed by atoms with E-state index in [1.807, 2.05) is 24.3 Å². The predicted molar refractivity (Wildman–Crippen MR) is 109 cm³/mol. The van der Waals surface area contributed by atoms with Gasteiger partial charge in [0.25, 0.3) is 5.91 Å². The van der Waals surface area contributed by atoms with Gasteiger partial charge in [-0.05, 0) is 44.1 Å². The number of carbonyl (C=O) groups is 1. The lowest BCUT2D eigenvalue weighted by Crippen LogP contribution is -2.37. The molecule has 154 valence electrons. The summed E-state index contributed by atoms with van der Waals surface area (Å²) in [5.74, 6) is 0.532. The second kappa shape index (κ2) is 9.38. The van der Waals surface area contributed by atoms with Gasteiger partial charge < -0.3 is 14.8 Å². The van der Waals surface area contributed by atoms with Gasteiger partial charge in [0.2, 0.25) is 0 Å². The predicted octanol–water partition coefficient (Wildman–Crippen LogP) is 3.18. The van der Waals surface area contributed by atoms with Crippen molar-refractivity contribution >= 4 is 11.6 Å². The number of carbonyl (C=O) groups excluding carboxylic acids is 1. The minimum absolute atomic E-state index is 0.0363. The minimum Gasteiger partial charge on any atom is -0.496 e. The number of rotatable bonds is 8. The Morgan fingerprint density at radius 2 is 1.83 bits per heavy atom. The maximum atomic E-state index is 12.7. The summed E-state index contributed by atoms with van der Waals surface area (Å²) in [4.78, 5) is 25.7. The number of likely N-dealkylation sites (tertiary alicyclic amines) is 1. The number of benzene rings is 2. The molecule has 1 N–H and O–H groups in total. The number of nitro groups is 1. The molecule has 2 aromatic carbocycles. The second-order valence-electron chi connectivity index (χ2n) is 6.85. The first-order valence-electron chi connectivity index (χ1n) is 9.52. The Labute approximate surface area is 169 Å². The van der Waals surface area contributed by atoms with E-state index in [0.29, 0.717) is 6.54 Å². The second-order valence-corrected chi connectivity index (χ2v) is 6.85. The van der Waals surface area contributed by atoms with Crippen LogP contribution in [0.3, 0.4) is 0 Å². The number of ether oxygens (including phenoxy) is 2. The van der Waals surface area contributed by atoms with Gasteiger partial charge in [0.15, 0.2) is 5.75 Å². The quantitative estimate of drug-likeness (QED) is 0.541. The number of hydrogen-bond donors (Lipinski definition) is 1. The number of amides is 1. The summed E-state index contributed by atoms with van der Waals surface area (Å²) in [5.41, 5.74) is 0.997. The number of hydrogen-bond acceptors (Lipinski definition) is 6. The molecule has 1 saturated heterocycles. The molecule has 2 aromatic rings. The fourth-order valence-corrected chi connectivity index (χ4v) is 3.70. The minimum atomic E-state index is -0.558. The van der Waals surface area contributed by atoms with Crippen molar-refractivity contribution in [2.45, 2.75) is 18.9 Å². The Kier molecular flexibility index (Phi) is 6.66. The molecule has 1 aliphatic rings. The average Bonchev–Trinajstić information content (AvgIpc) is 3.28. The SMILES string of the molecule is COc1ccccc1C(CNC(=O)c1ccc(OC)c([N+](=O)[O-])c1)N1CCCC1. The van der Waals surface area contributed by atoms with Crippen LogP contribution in [-0.4, -0.2) is 49.6 Å². The molecular weight excluding hydrogens is 374 g/mol. The highest BCUT2D eigenvalue weighted by atomic mass is 16.6. The lowest BCUT2D eigenvalue weighted by Gasteiger charge is -2.29. The van der Waals surface area contributed by atoms with Gasteiger partial charge in [-0.3, -0.25) is 19.8 Å². The largest absolute Gasteiger partial charge is 0.496 e. The molecule has 29 heavy (non-hydrogen) atoms. The third-order valence-corrected chi connectivity index (χ3v) is 5.17. The molecule has 1 aliphatic heterocycles. The first kappa shape index (κ1) is 20.6. The summed E-state index contributed by atoms with van der Waals surface area (Å²) in [5, 5.41) is 14.2. The fourth-order valence-electron chi connectivity index (χ4n) is 3.70. The van der Waals surface area contributed by atoms with Crippen LogP contribution in [0.2, 0.25) is 0 Å². The zero-order valence-electron chi connectivity index (χ0n) is 16.6. The zero-order valence-corrected chi connectivity index (χ0v) is 16.6. The molecule has 0 radical (unpaired) electrons. The van der Waals surface area contributed by atoms with Gasteiger partial charge >= 0.3 is 5.69 Å². The van der Waals surface area contributed by atoms with Crippen molar-refractivity contribution in [1.82, 2.24) is 10.2 Å². The van der Waals surface area contributed by atoms with Crippen LogP contribution in [0.15, 0.2) is 42.5 Å². The maximum Gasteiger partial charge on any atom is 0.311 e. The molecule has 0 bridgehead atoms. The standard InChI is InChI=1S/C21H25N3O5/c1-28-19-8-4-3-7-16(19)18(23-11-5-6-12-23)14-22-21(25)15-9-10-20(29-2)17(13-15)24(26)27/h3-4,7-10,13,18H,5-6,11-12,14H2,1-2H3,(H,22,25). The number of nitro benzene ring substituents is 1. The Morgan fingerprint density at radius 3 is 2.48 bits per heavy atom. The van der Waals surface area contributed by atoms with Crippen molar-refractivity contribution in [3.63, 3.8) is 0 Å². The van der Waals surface area contributed by atoms with E-state index < -0.39 is 4.92 Å². The van der Waals surface area contributed by atoms with Crippen molar-refractivity contribution in [3.05, 3.63) is 63.7 Å². The molecular formula is C21H25N3O5. The number of methoxy groups -OCH3 is 2. The molecule has 0 aromatic heterocycles. The molecule has 1 amide bonds. The molecule has 1 atom stereocenters. The zero-order chi connectivity index (χ0) is 20.8. The highest BCUT2D eigenvalue weighted by Gasteiger charge is 2.27. The van der Waals surface area contributed by atoms with Crippen LogP contribution in [0, 0.1) is 10.1 Å². The summed E-state index contributed by atoms with van der Waals surface area (Å²) in [7, 11) is 2.99. The topological polar surface area (TPSA) is 93.9 Å². The van der Waals surface area contributed by atoms with E-state index in [1.54, 1.807) is 7.11 Å². The van der Waals surface area contributed by atoms with E-state index >= 15 is 0 Å². The van der Waals surface area contributed by atoms with Crippen LogP contribution in [0.25, 0.3) is 0 Å². The monoisotopic (exact) mass is 399 g/mol. The maximum absolute atomic E-state index is 12.7. The van der Waals surface area contributed by atoms with E-state index in [1.165, 1.54) is 25.3 Å². The molecule has 0 aliphatic carbocycles. The highest BCUT2D eigenvalue weighted by molar-refractivity contribution is 5.95. The molecule has 1 heterocycles. The summed E-state index contributed by atoms with van der Waals surface area (Å²) >= 11 is 0. The third kappa shape index (κ3) is 4.65. The van der Waals surface area contributed by atoms with Crippen LogP contribution < -0.4 is 14.8 Å². The molecule has 1 unspecified atom stereocenters. The van der Waals surface area contributed by atoms with E-state index in [2.05, 4.69) is 10.2 Å². The summed E-state index contributed by atoms with van der Waals surface area (Å²) in [6, 6.07) is 11.9. The molecule has 1 fully saturated rings. The molecule has 0 spiro atoms.